The average molecular weight is 311 g/mol. The minimum absolute atomic E-state index is 0.700. The third kappa shape index (κ3) is 5.56. The third-order valence-electron chi connectivity index (χ3n) is 3.29. The minimum Gasteiger partial charge on any atom is -0.478 e. The summed E-state index contributed by atoms with van der Waals surface area (Å²) in [6.07, 6.45) is 4.70. The normalized spacial score (nSPS) is 10.8. The molecule has 1 aromatic heterocycles. The van der Waals surface area contributed by atoms with Gasteiger partial charge in [-0.05, 0) is 49.2 Å². The Balaban J connectivity index is 2.12. The van der Waals surface area contributed by atoms with E-state index in [0.717, 1.165) is 48.1 Å². The van der Waals surface area contributed by atoms with Gasteiger partial charge in [0.15, 0.2) is 0 Å². The van der Waals surface area contributed by atoms with E-state index in [9.17, 15) is 4.79 Å². The molecule has 0 atom stereocenters. The van der Waals surface area contributed by atoms with E-state index in [0.29, 0.717) is 6.54 Å². The zero-order valence-electron chi connectivity index (χ0n) is 12.9. The number of carboxylic acid groups (broad SMARTS) is 1. The molecule has 0 aliphatic carbocycles. The smallest absolute Gasteiger partial charge is 0.328 e. The summed E-state index contributed by atoms with van der Waals surface area (Å²) in [5.41, 5.74) is 8.10. The van der Waals surface area contributed by atoms with Crippen LogP contribution in [0.3, 0.4) is 0 Å². The Morgan fingerprint density at radius 2 is 2.04 bits per heavy atom. The zero-order chi connectivity index (χ0) is 16.5. The fourth-order valence-corrected chi connectivity index (χ4v) is 2.15. The van der Waals surface area contributed by atoms with Crippen molar-refractivity contribution in [1.29, 1.82) is 0 Å². The highest BCUT2D eigenvalue weighted by molar-refractivity contribution is 5.85. The summed E-state index contributed by atoms with van der Waals surface area (Å²) in [5.74, 6) is -0.136. The predicted molar refractivity (Wildman–Crippen MR) is 93.1 cm³/mol. The Morgan fingerprint density at radius 1 is 1.22 bits per heavy atom. The molecule has 0 bridgehead atoms. The van der Waals surface area contributed by atoms with Crippen LogP contribution >= 0.6 is 0 Å². The highest BCUT2D eigenvalue weighted by Gasteiger charge is 2.02. The molecule has 1 heterocycles. The van der Waals surface area contributed by atoms with Gasteiger partial charge in [0.25, 0.3) is 0 Å². The highest BCUT2D eigenvalue weighted by atomic mass is 16.4. The number of anilines is 1. The zero-order valence-corrected chi connectivity index (χ0v) is 12.9. The summed E-state index contributed by atoms with van der Waals surface area (Å²) in [7, 11) is 0. The van der Waals surface area contributed by atoms with Gasteiger partial charge in [0.1, 0.15) is 5.82 Å². The van der Waals surface area contributed by atoms with Gasteiger partial charge in [-0.3, -0.25) is 0 Å². The van der Waals surface area contributed by atoms with Crippen molar-refractivity contribution in [2.24, 2.45) is 5.73 Å². The number of aromatic nitrogens is 1. The topological polar surface area (TPSA) is 88.2 Å². The van der Waals surface area contributed by atoms with E-state index < -0.39 is 5.97 Å². The van der Waals surface area contributed by atoms with Gasteiger partial charge in [-0.15, -0.1) is 0 Å². The molecule has 0 aliphatic heterocycles. The first-order valence-corrected chi connectivity index (χ1v) is 7.61. The van der Waals surface area contributed by atoms with Crippen LogP contribution in [0.4, 0.5) is 5.82 Å². The lowest BCUT2D eigenvalue weighted by atomic mass is 10.1. The van der Waals surface area contributed by atoms with Gasteiger partial charge in [-0.2, -0.15) is 0 Å². The molecule has 0 saturated carbocycles. The number of nitrogens with two attached hydrogens (primary N) is 1. The van der Waals surface area contributed by atoms with Gasteiger partial charge in [0, 0.05) is 18.2 Å². The molecule has 2 aromatic rings. The maximum Gasteiger partial charge on any atom is 0.328 e. The SMILES string of the molecule is NCCCCNc1cccc(-c2cccc(/C=C/C(=O)O)c2)n1. The number of nitrogens with one attached hydrogen (secondary N) is 1. The monoisotopic (exact) mass is 311 g/mol. The molecule has 1 aromatic carbocycles. The second kappa shape index (κ2) is 8.70. The Labute approximate surface area is 135 Å². The van der Waals surface area contributed by atoms with Crippen LogP contribution in [0.2, 0.25) is 0 Å². The second-order valence-electron chi connectivity index (χ2n) is 5.13. The number of hydrogen-bond donors (Lipinski definition) is 3. The van der Waals surface area contributed by atoms with Crippen LogP contribution < -0.4 is 11.1 Å². The number of benzene rings is 1. The predicted octanol–water partition coefficient (Wildman–Crippen LogP) is 3.00. The summed E-state index contributed by atoms with van der Waals surface area (Å²) in [4.78, 5) is 15.2. The number of rotatable bonds is 8. The number of carbonyl (C=O) groups is 1. The number of hydrogen-bond acceptors (Lipinski definition) is 4. The van der Waals surface area contributed by atoms with Gasteiger partial charge in [-0.25, -0.2) is 9.78 Å². The summed E-state index contributed by atoms with van der Waals surface area (Å²) in [6, 6.07) is 13.4. The molecule has 4 N–H and O–H groups in total. The number of unbranched alkanes of at least 4 members (excludes halogenated alkanes) is 1. The summed E-state index contributed by atoms with van der Waals surface area (Å²) < 4.78 is 0. The van der Waals surface area contributed by atoms with E-state index in [4.69, 9.17) is 10.8 Å². The lowest BCUT2D eigenvalue weighted by Gasteiger charge is -2.08. The van der Waals surface area contributed by atoms with Gasteiger partial charge in [0.05, 0.1) is 5.69 Å². The van der Waals surface area contributed by atoms with Crippen LogP contribution in [0.25, 0.3) is 17.3 Å². The van der Waals surface area contributed by atoms with Crippen molar-refractivity contribution in [3.05, 3.63) is 54.1 Å². The maximum absolute atomic E-state index is 10.6. The largest absolute Gasteiger partial charge is 0.478 e. The quantitative estimate of drug-likeness (QED) is 0.515. The molecule has 0 unspecified atom stereocenters. The number of aliphatic carboxylic acids is 1. The van der Waals surface area contributed by atoms with Gasteiger partial charge >= 0.3 is 5.97 Å². The Hall–Kier alpha value is -2.66. The first-order chi connectivity index (χ1) is 11.2. The van der Waals surface area contributed by atoms with E-state index in [1.165, 1.54) is 0 Å². The van der Waals surface area contributed by atoms with E-state index in [2.05, 4.69) is 10.3 Å². The molecule has 0 spiro atoms. The van der Waals surface area contributed by atoms with Crippen LogP contribution in [0.15, 0.2) is 48.5 Å². The minimum atomic E-state index is -0.961. The molecule has 2 rings (SSSR count). The van der Waals surface area contributed by atoms with E-state index >= 15 is 0 Å². The summed E-state index contributed by atoms with van der Waals surface area (Å²) in [6.45, 7) is 1.54. The lowest BCUT2D eigenvalue weighted by molar-refractivity contribution is -0.131. The first-order valence-electron chi connectivity index (χ1n) is 7.61. The standard InChI is InChI=1S/C18H21N3O2/c19-11-1-2-12-20-17-8-4-7-16(21-17)15-6-3-5-14(13-15)9-10-18(22)23/h3-10,13H,1-2,11-12,19H2,(H,20,21)(H,22,23)/b10-9+. The van der Waals surface area contributed by atoms with Crippen LogP contribution in [0.5, 0.6) is 0 Å². The van der Waals surface area contributed by atoms with Crippen molar-refractivity contribution in [3.63, 3.8) is 0 Å². The van der Waals surface area contributed by atoms with E-state index in [1.54, 1.807) is 6.08 Å². The molecule has 0 saturated heterocycles. The van der Waals surface area contributed by atoms with Gasteiger partial charge in [-0.1, -0.05) is 24.3 Å². The third-order valence-corrected chi connectivity index (χ3v) is 3.29. The molecule has 0 amide bonds. The Kier molecular flexibility index (Phi) is 6.32. The molecule has 120 valence electrons. The van der Waals surface area contributed by atoms with Crippen LogP contribution in [-0.2, 0) is 4.79 Å². The second-order valence-corrected chi connectivity index (χ2v) is 5.13. The van der Waals surface area contributed by atoms with E-state index in [1.807, 2.05) is 42.5 Å². The molecule has 0 radical (unpaired) electrons. The average Bonchev–Trinajstić information content (AvgIpc) is 2.57. The van der Waals surface area contributed by atoms with Crippen LogP contribution in [0.1, 0.15) is 18.4 Å². The van der Waals surface area contributed by atoms with Crippen molar-refractivity contribution in [1.82, 2.24) is 4.98 Å². The fourth-order valence-electron chi connectivity index (χ4n) is 2.15. The highest BCUT2D eigenvalue weighted by Crippen LogP contribution is 2.20. The number of pyridine rings is 1. The van der Waals surface area contributed by atoms with Gasteiger partial charge < -0.3 is 16.2 Å². The van der Waals surface area contributed by atoms with E-state index in [-0.39, 0.29) is 0 Å². The molecule has 23 heavy (non-hydrogen) atoms. The molecular formula is C18H21N3O2. The first kappa shape index (κ1) is 16.7. The number of nitrogens with zero attached hydrogens (tertiary/aromatic N) is 1. The van der Waals surface area contributed by atoms with Crippen molar-refractivity contribution in [2.75, 3.05) is 18.4 Å². The molecule has 0 aliphatic rings. The van der Waals surface area contributed by atoms with Crippen molar-refractivity contribution in [2.45, 2.75) is 12.8 Å². The van der Waals surface area contributed by atoms with Gasteiger partial charge in [0.2, 0.25) is 0 Å². The molecular weight excluding hydrogens is 290 g/mol. The fraction of sp³-hybridized carbons (Fsp3) is 0.222. The summed E-state index contributed by atoms with van der Waals surface area (Å²) in [5, 5.41) is 12.0. The van der Waals surface area contributed by atoms with Crippen LogP contribution in [0, 0.1) is 0 Å². The Bertz CT molecular complexity index is 683. The Morgan fingerprint density at radius 3 is 2.83 bits per heavy atom. The molecule has 5 heteroatoms. The lowest BCUT2D eigenvalue weighted by Crippen LogP contribution is -2.06. The van der Waals surface area contributed by atoms with Crippen molar-refractivity contribution >= 4 is 17.9 Å². The molecule has 0 fully saturated rings. The van der Waals surface area contributed by atoms with Crippen molar-refractivity contribution < 1.29 is 9.90 Å². The molecule has 5 nitrogen and oxygen atoms in total. The van der Waals surface area contributed by atoms with Crippen LogP contribution in [-0.4, -0.2) is 29.1 Å². The summed E-state index contributed by atoms with van der Waals surface area (Å²) >= 11 is 0. The maximum atomic E-state index is 10.6. The van der Waals surface area contributed by atoms with Crippen molar-refractivity contribution in [3.8, 4) is 11.3 Å². The number of carboxylic acids is 1.